The average Bonchev–Trinajstić information content (AvgIpc) is 3.04. The van der Waals surface area contributed by atoms with Gasteiger partial charge in [0.2, 0.25) is 0 Å². The van der Waals surface area contributed by atoms with E-state index in [2.05, 4.69) is 14.8 Å². The minimum atomic E-state index is -0.247. The van der Waals surface area contributed by atoms with E-state index in [1.807, 2.05) is 54.7 Å². The predicted molar refractivity (Wildman–Crippen MR) is 96.9 cm³/mol. The van der Waals surface area contributed by atoms with Gasteiger partial charge in [-0.05, 0) is 24.3 Å². The van der Waals surface area contributed by atoms with Gasteiger partial charge in [0.25, 0.3) is 0 Å². The first-order chi connectivity index (χ1) is 12.3. The van der Waals surface area contributed by atoms with Crippen molar-refractivity contribution in [2.24, 2.45) is 0 Å². The number of hydrogen-bond donors (Lipinski definition) is 0. The summed E-state index contributed by atoms with van der Waals surface area (Å²) in [7, 11) is 0. The third kappa shape index (κ3) is 3.58. The summed E-state index contributed by atoms with van der Waals surface area (Å²) in [6, 6.07) is 15.7. The maximum Gasteiger partial charge on any atom is 0.414 e. The molecule has 130 valence electrons. The molecule has 0 radical (unpaired) electrons. The summed E-state index contributed by atoms with van der Waals surface area (Å²) in [6.07, 6.45) is 1.51. The molecule has 2 aromatic rings. The van der Waals surface area contributed by atoms with Gasteiger partial charge in [0.05, 0.1) is 6.54 Å². The lowest BCUT2D eigenvalue weighted by molar-refractivity contribution is 0.106. The van der Waals surface area contributed by atoms with Gasteiger partial charge in [0, 0.05) is 44.6 Å². The van der Waals surface area contributed by atoms with Crippen molar-refractivity contribution >= 4 is 17.6 Å². The van der Waals surface area contributed by atoms with Crippen molar-refractivity contribution in [3.63, 3.8) is 0 Å². The molecule has 1 aromatic heterocycles. The van der Waals surface area contributed by atoms with Crippen molar-refractivity contribution in [2.75, 3.05) is 49.1 Å². The number of amides is 1. The first-order valence-electron chi connectivity index (χ1n) is 8.71. The fraction of sp³-hybridized carbons (Fsp3) is 0.368. The van der Waals surface area contributed by atoms with E-state index in [9.17, 15) is 4.79 Å². The standard InChI is InChI=1S/C19H22N4O2/c24-19-23(16-6-2-1-3-7-16)15-17(25-19)14-21-10-12-22(13-11-21)18-8-4-5-9-20-18/h1-9,17H,10-15H2. The van der Waals surface area contributed by atoms with Crippen molar-refractivity contribution in [3.8, 4) is 0 Å². The molecule has 0 spiro atoms. The topological polar surface area (TPSA) is 48.9 Å². The second-order valence-corrected chi connectivity index (χ2v) is 6.43. The molecule has 2 fully saturated rings. The molecule has 6 heteroatoms. The van der Waals surface area contributed by atoms with Crippen molar-refractivity contribution in [3.05, 3.63) is 54.7 Å². The molecule has 1 atom stereocenters. The molecule has 1 amide bonds. The van der Waals surface area contributed by atoms with E-state index < -0.39 is 0 Å². The molecule has 0 N–H and O–H groups in total. The van der Waals surface area contributed by atoms with E-state index in [0.29, 0.717) is 6.54 Å². The highest BCUT2D eigenvalue weighted by Gasteiger charge is 2.34. The highest BCUT2D eigenvalue weighted by molar-refractivity contribution is 5.89. The number of anilines is 2. The number of pyridine rings is 1. The van der Waals surface area contributed by atoms with Gasteiger partial charge in [-0.3, -0.25) is 9.80 Å². The fourth-order valence-corrected chi connectivity index (χ4v) is 3.42. The van der Waals surface area contributed by atoms with Crippen LogP contribution in [0.25, 0.3) is 0 Å². The van der Waals surface area contributed by atoms with Gasteiger partial charge in [-0.1, -0.05) is 24.3 Å². The quantitative estimate of drug-likeness (QED) is 0.856. The maximum absolute atomic E-state index is 12.1. The van der Waals surface area contributed by atoms with E-state index in [0.717, 1.165) is 44.2 Å². The van der Waals surface area contributed by atoms with E-state index in [1.165, 1.54) is 0 Å². The van der Waals surface area contributed by atoms with Crippen molar-refractivity contribution in [1.82, 2.24) is 9.88 Å². The molecule has 0 aliphatic carbocycles. The summed E-state index contributed by atoms with van der Waals surface area (Å²) >= 11 is 0. The van der Waals surface area contributed by atoms with Crippen molar-refractivity contribution in [1.29, 1.82) is 0 Å². The summed E-state index contributed by atoms with van der Waals surface area (Å²) < 4.78 is 5.56. The molecule has 4 rings (SSSR count). The number of benzene rings is 1. The third-order valence-electron chi connectivity index (χ3n) is 4.75. The molecule has 3 heterocycles. The molecule has 6 nitrogen and oxygen atoms in total. The molecular weight excluding hydrogens is 316 g/mol. The van der Waals surface area contributed by atoms with Crippen LogP contribution in [0.2, 0.25) is 0 Å². The number of aromatic nitrogens is 1. The zero-order valence-electron chi connectivity index (χ0n) is 14.1. The Morgan fingerprint density at radius 3 is 2.48 bits per heavy atom. The number of cyclic esters (lactones) is 1. The SMILES string of the molecule is O=C1OC(CN2CCN(c3ccccn3)CC2)CN1c1ccccc1. The van der Waals surface area contributed by atoms with Gasteiger partial charge in [-0.25, -0.2) is 9.78 Å². The molecule has 2 aliphatic rings. The zero-order chi connectivity index (χ0) is 17.1. The highest BCUT2D eigenvalue weighted by atomic mass is 16.6. The van der Waals surface area contributed by atoms with Crippen LogP contribution in [0.4, 0.5) is 16.3 Å². The van der Waals surface area contributed by atoms with Gasteiger partial charge < -0.3 is 9.64 Å². The van der Waals surface area contributed by atoms with Crippen LogP contribution in [-0.2, 0) is 4.74 Å². The van der Waals surface area contributed by atoms with Crippen LogP contribution in [-0.4, -0.2) is 61.3 Å². The first-order valence-corrected chi connectivity index (χ1v) is 8.71. The summed E-state index contributed by atoms with van der Waals surface area (Å²) in [4.78, 5) is 22.9. The molecule has 2 saturated heterocycles. The fourth-order valence-electron chi connectivity index (χ4n) is 3.42. The van der Waals surface area contributed by atoms with E-state index in [-0.39, 0.29) is 12.2 Å². The minimum Gasteiger partial charge on any atom is -0.443 e. The molecule has 1 unspecified atom stereocenters. The number of carbonyl (C=O) groups excluding carboxylic acids is 1. The van der Waals surface area contributed by atoms with Crippen molar-refractivity contribution < 1.29 is 9.53 Å². The average molecular weight is 338 g/mol. The van der Waals surface area contributed by atoms with Crippen LogP contribution < -0.4 is 9.80 Å². The summed E-state index contributed by atoms with van der Waals surface area (Å²) in [5.74, 6) is 1.03. The summed E-state index contributed by atoms with van der Waals surface area (Å²) in [5.41, 5.74) is 0.898. The van der Waals surface area contributed by atoms with Crippen LogP contribution in [0.15, 0.2) is 54.7 Å². The lowest BCUT2D eigenvalue weighted by atomic mass is 10.2. The van der Waals surface area contributed by atoms with Crippen LogP contribution in [0.3, 0.4) is 0 Å². The molecule has 2 aliphatic heterocycles. The largest absolute Gasteiger partial charge is 0.443 e. The molecule has 1 aromatic carbocycles. The lowest BCUT2D eigenvalue weighted by Gasteiger charge is -2.36. The Balaban J connectivity index is 1.30. The monoisotopic (exact) mass is 338 g/mol. The Labute approximate surface area is 147 Å². The molecule has 0 saturated carbocycles. The second kappa shape index (κ2) is 7.11. The lowest BCUT2D eigenvalue weighted by Crippen LogP contribution is -2.49. The van der Waals surface area contributed by atoms with Crippen LogP contribution >= 0.6 is 0 Å². The smallest absolute Gasteiger partial charge is 0.414 e. The minimum absolute atomic E-state index is 0.0749. The Bertz CT molecular complexity index is 702. The normalized spacial score (nSPS) is 21.4. The molecule has 25 heavy (non-hydrogen) atoms. The van der Waals surface area contributed by atoms with E-state index in [1.54, 1.807) is 4.90 Å². The summed E-state index contributed by atoms with van der Waals surface area (Å²) in [5, 5.41) is 0. The maximum atomic E-state index is 12.1. The molecular formula is C19H22N4O2. The number of piperazine rings is 1. The van der Waals surface area contributed by atoms with Crippen LogP contribution in [0, 0.1) is 0 Å². The Kier molecular flexibility index (Phi) is 4.52. The molecule has 0 bridgehead atoms. The third-order valence-corrected chi connectivity index (χ3v) is 4.75. The second-order valence-electron chi connectivity index (χ2n) is 6.43. The number of hydrogen-bond acceptors (Lipinski definition) is 5. The van der Waals surface area contributed by atoms with Gasteiger partial charge in [0.15, 0.2) is 0 Å². The van der Waals surface area contributed by atoms with E-state index >= 15 is 0 Å². The first kappa shape index (κ1) is 15.9. The van der Waals surface area contributed by atoms with E-state index in [4.69, 9.17) is 4.74 Å². The number of carbonyl (C=O) groups is 1. The number of ether oxygens (including phenoxy) is 1. The number of nitrogens with zero attached hydrogens (tertiary/aromatic N) is 4. The van der Waals surface area contributed by atoms with Gasteiger partial charge >= 0.3 is 6.09 Å². The predicted octanol–water partition coefficient (Wildman–Crippen LogP) is 2.23. The van der Waals surface area contributed by atoms with Gasteiger partial charge in [-0.15, -0.1) is 0 Å². The Morgan fingerprint density at radius 1 is 1.00 bits per heavy atom. The van der Waals surface area contributed by atoms with Gasteiger partial charge in [0.1, 0.15) is 11.9 Å². The Morgan fingerprint density at radius 2 is 1.76 bits per heavy atom. The summed E-state index contributed by atoms with van der Waals surface area (Å²) in [6.45, 7) is 5.19. The highest BCUT2D eigenvalue weighted by Crippen LogP contribution is 2.22. The van der Waals surface area contributed by atoms with Crippen LogP contribution in [0.1, 0.15) is 0 Å². The number of rotatable bonds is 4. The number of para-hydroxylation sites is 1. The van der Waals surface area contributed by atoms with Crippen molar-refractivity contribution in [2.45, 2.75) is 6.10 Å². The Hall–Kier alpha value is -2.60. The zero-order valence-corrected chi connectivity index (χ0v) is 14.1. The van der Waals surface area contributed by atoms with Crippen LogP contribution in [0.5, 0.6) is 0 Å². The van der Waals surface area contributed by atoms with Gasteiger partial charge in [-0.2, -0.15) is 0 Å².